The van der Waals surface area contributed by atoms with Crippen molar-refractivity contribution in [2.75, 3.05) is 20.3 Å². The second kappa shape index (κ2) is 16.5. The standard InChI is InChI=1S/C35H62O14S.Na/c1-17(2)19(11-14-47-32-30(41)27(38)22(46-6)16-48-32)8-7-18(3)24-28(39)29(40)31-34(24,5)13-10-23-33(4)12-9-20(36)26(37)25(33)21(15-35(23,31)42)49-50(43,44)45;/h17-32,36-42H,7-16H2,1-6H3,(H,43,44,45);/q;+1/p-1/t18?,19-,20+,21?,22-,23?,24?,25?,26+,27+,28-,29?,30-,31?,32-,33-,34-,35+;/m1./s1. The molecule has 0 aromatic heterocycles. The first-order chi connectivity index (χ1) is 23.2. The van der Waals surface area contributed by atoms with Crippen LogP contribution < -0.4 is 29.6 Å². The van der Waals surface area contributed by atoms with Gasteiger partial charge in [0, 0.05) is 25.4 Å². The van der Waals surface area contributed by atoms with Gasteiger partial charge in [-0.05, 0) is 78.9 Å². The minimum absolute atomic E-state index is 0. The van der Waals surface area contributed by atoms with Gasteiger partial charge >= 0.3 is 29.6 Å². The van der Waals surface area contributed by atoms with Crippen molar-refractivity contribution in [3.63, 3.8) is 0 Å². The first-order valence-electron chi connectivity index (χ1n) is 18.4. The first-order valence-corrected chi connectivity index (χ1v) is 19.8. The Morgan fingerprint density at radius 1 is 0.863 bits per heavy atom. The molecule has 1 saturated heterocycles. The zero-order valence-corrected chi connectivity index (χ0v) is 34.0. The van der Waals surface area contributed by atoms with Gasteiger partial charge in [0.25, 0.3) is 0 Å². The number of methoxy groups -OCH3 is 1. The molecule has 0 aromatic carbocycles. The molecule has 4 saturated carbocycles. The number of fused-ring (bicyclic) bond motifs is 5. The summed E-state index contributed by atoms with van der Waals surface area (Å²) < 4.78 is 57.3. The van der Waals surface area contributed by atoms with E-state index in [1.807, 2.05) is 20.8 Å². The summed E-state index contributed by atoms with van der Waals surface area (Å²) in [5.41, 5.74) is -3.37. The number of rotatable bonds is 12. The van der Waals surface area contributed by atoms with Gasteiger partial charge in [-0.3, -0.25) is 4.18 Å². The molecule has 7 N–H and O–H groups in total. The van der Waals surface area contributed by atoms with Gasteiger partial charge in [-0.2, -0.15) is 0 Å². The van der Waals surface area contributed by atoms with Gasteiger partial charge in [0.1, 0.15) is 18.3 Å². The predicted molar refractivity (Wildman–Crippen MR) is 177 cm³/mol. The van der Waals surface area contributed by atoms with E-state index in [0.29, 0.717) is 44.6 Å². The van der Waals surface area contributed by atoms with Crippen LogP contribution in [0.25, 0.3) is 0 Å². The average Bonchev–Trinajstić information content (AvgIpc) is 3.22. The minimum atomic E-state index is -5.25. The number of hydrogen-bond donors (Lipinski definition) is 7. The van der Waals surface area contributed by atoms with Crippen LogP contribution in [-0.4, -0.2) is 130 Å². The van der Waals surface area contributed by atoms with E-state index in [1.54, 1.807) is 0 Å². The van der Waals surface area contributed by atoms with Crippen LogP contribution in [-0.2, 0) is 28.8 Å². The zero-order valence-electron chi connectivity index (χ0n) is 31.2. The third kappa shape index (κ3) is 8.17. The summed E-state index contributed by atoms with van der Waals surface area (Å²) in [5.74, 6) is -2.26. The molecule has 4 aliphatic carbocycles. The van der Waals surface area contributed by atoms with E-state index in [2.05, 4.69) is 13.8 Å². The van der Waals surface area contributed by atoms with E-state index >= 15 is 0 Å². The number of aliphatic hydroxyl groups excluding tert-OH is 6. The van der Waals surface area contributed by atoms with E-state index in [-0.39, 0.29) is 60.8 Å². The Labute approximate surface area is 324 Å². The van der Waals surface area contributed by atoms with Crippen molar-refractivity contribution in [2.24, 2.45) is 52.3 Å². The van der Waals surface area contributed by atoms with Crippen molar-refractivity contribution < 1.29 is 96.7 Å². The fraction of sp³-hybridized carbons (Fsp3) is 1.00. The Morgan fingerprint density at radius 3 is 2.12 bits per heavy atom. The number of aliphatic hydroxyl groups is 7. The quantitative estimate of drug-likeness (QED) is 0.0629. The fourth-order valence-electron chi connectivity index (χ4n) is 11.8. The predicted octanol–water partition coefficient (Wildman–Crippen LogP) is -2.32. The Kier molecular flexibility index (Phi) is 14.3. The molecule has 0 spiro atoms. The van der Waals surface area contributed by atoms with Crippen LogP contribution in [0.5, 0.6) is 0 Å². The summed E-state index contributed by atoms with van der Waals surface area (Å²) in [5, 5.41) is 78.5. The van der Waals surface area contributed by atoms with Crippen molar-refractivity contribution in [1.82, 2.24) is 0 Å². The molecule has 0 radical (unpaired) electrons. The Balaban J connectivity index is 0.00000583. The fourth-order valence-corrected chi connectivity index (χ4v) is 12.3. The van der Waals surface area contributed by atoms with E-state index in [4.69, 9.17) is 18.4 Å². The summed E-state index contributed by atoms with van der Waals surface area (Å²) in [7, 11) is -3.81. The molecule has 0 aromatic rings. The molecule has 5 aliphatic rings. The van der Waals surface area contributed by atoms with Crippen molar-refractivity contribution in [1.29, 1.82) is 0 Å². The normalized spacial score (nSPS) is 48.3. The monoisotopic (exact) mass is 760 g/mol. The van der Waals surface area contributed by atoms with E-state index in [0.717, 1.165) is 6.42 Å². The maximum atomic E-state index is 12.7. The van der Waals surface area contributed by atoms with Crippen LogP contribution in [0.4, 0.5) is 0 Å². The molecular weight excluding hydrogens is 699 g/mol. The third-order valence-corrected chi connectivity index (χ3v) is 14.7. The van der Waals surface area contributed by atoms with Crippen LogP contribution >= 0.6 is 0 Å². The van der Waals surface area contributed by atoms with E-state index in [1.165, 1.54) is 7.11 Å². The maximum Gasteiger partial charge on any atom is 1.00 e. The van der Waals surface area contributed by atoms with Crippen molar-refractivity contribution in [2.45, 2.75) is 147 Å². The maximum absolute atomic E-state index is 12.7. The van der Waals surface area contributed by atoms with Crippen LogP contribution in [0, 0.1) is 52.3 Å². The molecule has 0 bridgehead atoms. The molecule has 0 amide bonds. The van der Waals surface area contributed by atoms with Gasteiger partial charge in [0.2, 0.25) is 10.4 Å². The molecular formula is C35H61NaO14S. The second-order valence-corrected chi connectivity index (χ2v) is 18.1. The van der Waals surface area contributed by atoms with Crippen molar-refractivity contribution >= 4 is 10.4 Å². The molecule has 1 aliphatic heterocycles. The van der Waals surface area contributed by atoms with Gasteiger partial charge in [-0.25, -0.2) is 8.42 Å². The average molecular weight is 761 g/mol. The third-order valence-electron chi connectivity index (χ3n) is 14.2. The van der Waals surface area contributed by atoms with Crippen LogP contribution in [0.15, 0.2) is 0 Å². The summed E-state index contributed by atoms with van der Waals surface area (Å²) in [6.45, 7) is 10.5. The molecule has 1 heterocycles. The summed E-state index contributed by atoms with van der Waals surface area (Å²) in [4.78, 5) is 0. The second-order valence-electron chi connectivity index (χ2n) is 17.1. The SMILES string of the molecule is CO[C@@H]1CO[C@@H](OCC[C@@H](CCC(C)C2[C@@H](O)C(O)C3[C@]2(C)CCC2[C@@]4(C)CC[C@H](O)[C@H](O)C4C(OS(=O)(=O)[O-])C[C@]23O)C(C)C)[C@H](O)[C@H]1O.[Na+]. The van der Waals surface area contributed by atoms with Gasteiger partial charge in [-0.15, -0.1) is 0 Å². The smallest absolute Gasteiger partial charge is 0.726 e. The number of hydrogen-bond acceptors (Lipinski definition) is 14. The van der Waals surface area contributed by atoms with Gasteiger partial charge in [0.15, 0.2) is 6.29 Å². The Hall–Kier alpha value is 0.470. The summed E-state index contributed by atoms with van der Waals surface area (Å²) >= 11 is 0. The molecule has 7 unspecified atom stereocenters. The molecule has 292 valence electrons. The largest absolute Gasteiger partial charge is 1.00 e. The Bertz CT molecular complexity index is 1280. The zero-order chi connectivity index (χ0) is 37.1. The molecule has 51 heavy (non-hydrogen) atoms. The van der Waals surface area contributed by atoms with Crippen LogP contribution in [0.2, 0.25) is 0 Å². The van der Waals surface area contributed by atoms with Gasteiger partial charge < -0.3 is 54.5 Å². The summed E-state index contributed by atoms with van der Waals surface area (Å²) in [6, 6.07) is 0. The van der Waals surface area contributed by atoms with Crippen molar-refractivity contribution in [3.05, 3.63) is 0 Å². The van der Waals surface area contributed by atoms with E-state index in [9.17, 15) is 48.7 Å². The van der Waals surface area contributed by atoms with Crippen molar-refractivity contribution in [3.8, 4) is 0 Å². The molecule has 14 nitrogen and oxygen atoms in total. The Morgan fingerprint density at radius 2 is 1.51 bits per heavy atom. The number of ether oxygens (including phenoxy) is 3. The topological polar surface area (TPSA) is 236 Å². The molecule has 5 rings (SSSR count). The van der Waals surface area contributed by atoms with E-state index < -0.39 is 106 Å². The minimum Gasteiger partial charge on any atom is -0.726 e. The molecule has 16 heteroatoms. The van der Waals surface area contributed by atoms with Gasteiger partial charge in [0.05, 0.1) is 49.3 Å². The van der Waals surface area contributed by atoms with Crippen LogP contribution in [0.3, 0.4) is 0 Å². The summed E-state index contributed by atoms with van der Waals surface area (Å²) in [6.07, 6.45) is -6.91. The molecule has 18 atom stereocenters. The van der Waals surface area contributed by atoms with Crippen LogP contribution in [0.1, 0.15) is 86.0 Å². The first kappa shape index (κ1) is 44.2. The molecule has 5 fully saturated rings. The van der Waals surface area contributed by atoms with Gasteiger partial charge in [-0.1, -0.05) is 41.0 Å².